The lowest BCUT2D eigenvalue weighted by molar-refractivity contribution is 0.202. The summed E-state index contributed by atoms with van der Waals surface area (Å²) in [4.78, 5) is 3.10. The maximum absolute atomic E-state index is 5.98. The Bertz CT molecular complexity index is 400. The van der Waals surface area contributed by atoms with Crippen molar-refractivity contribution in [2.24, 2.45) is 11.7 Å². The van der Waals surface area contributed by atoms with Crippen LogP contribution in [0.4, 0.5) is 0 Å². The Morgan fingerprint density at radius 3 is 2.71 bits per heavy atom. The van der Waals surface area contributed by atoms with Gasteiger partial charge in [0, 0.05) is 17.5 Å². The zero-order valence-corrected chi connectivity index (χ0v) is 11.3. The van der Waals surface area contributed by atoms with Crippen molar-refractivity contribution in [1.29, 1.82) is 0 Å². The fourth-order valence-corrected chi connectivity index (χ4v) is 2.72. The molecule has 1 aromatic carbocycles. The predicted molar refractivity (Wildman–Crippen MR) is 76.2 cm³/mol. The molecule has 17 heavy (non-hydrogen) atoms. The zero-order valence-electron chi connectivity index (χ0n) is 9.73. The van der Waals surface area contributed by atoms with Crippen LogP contribution in [0.15, 0.2) is 24.3 Å². The number of likely N-dealkylation sites (tertiary alicyclic amines) is 1. The van der Waals surface area contributed by atoms with Crippen LogP contribution in [0.1, 0.15) is 18.4 Å². The number of thiocarbonyl (C=S) groups is 1. The average molecular weight is 269 g/mol. The highest BCUT2D eigenvalue weighted by atomic mass is 35.5. The molecular formula is C13H17ClN2S. The van der Waals surface area contributed by atoms with Crippen LogP contribution >= 0.6 is 23.8 Å². The monoisotopic (exact) mass is 268 g/mol. The van der Waals surface area contributed by atoms with Gasteiger partial charge in [-0.2, -0.15) is 0 Å². The minimum absolute atomic E-state index is 0.431. The van der Waals surface area contributed by atoms with Gasteiger partial charge < -0.3 is 5.73 Å². The Labute approximate surface area is 113 Å². The van der Waals surface area contributed by atoms with Crippen molar-refractivity contribution >= 4 is 28.8 Å². The summed E-state index contributed by atoms with van der Waals surface area (Å²) in [6.07, 6.45) is 2.16. The molecule has 0 bridgehead atoms. The molecule has 1 aliphatic rings. The summed E-state index contributed by atoms with van der Waals surface area (Å²) >= 11 is 11.0. The molecule has 0 aliphatic carbocycles. The molecule has 0 aromatic heterocycles. The number of hydrogen-bond acceptors (Lipinski definition) is 2. The highest BCUT2D eigenvalue weighted by Gasteiger charge is 2.20. The maximum Gasteiger partial charge on any atom is 0.0759 e. The van der Waals surface area contributed by atoms with E-state index >= 15 is 0 Å². The summed E-state index contributed by atoms with van der Waals surface area (Å²) in [5.41, 5.74) is 6.95. The molecule has 2 nitrogen and oxygen atoms in total. The third-order valence-electron chi connectivity index (χ3n) is 3.29. The van der Waals surface area contributed by atoms with Crippen molar-refractivity contribution in [2.45, 2.75) is 19.4 Å². The zero-order chi connectivity index (χ0) is 12.3. The molecule has 2 N–H and O–H groups in total. The number of nitrogens with two attached hydrogens (primary N) is 1. The number of hydrogen-bond donors (Lipinski definition) is 1. The molecule has 2 rings (SSSR count). The highest BCUT2D eigenvalue weighted by molar-refractivity contribution is 7.80. The lowest BCUT2D eigenvalue weighted by atomic mass is 9.96. The van der Waals surface area contributed by atoms with Crippen LogP contribution in [-0.2, 0) is 6.54 Å². The topological polar surface area (TPSA) is 29.3 Å². The first kappa shape index (κ1) is 12.8. The van der Waals surface area contributed by atoms with Gasteiger partial charge in [-0.05, 0) is 43.6 Å². The molecule has 1 heterocycles. The van der Waals surface area contributed by atoms with E-state index in [4.69, 9.17) is 29.6 Å². The Morgan fingerprint density at radius 1 is 1.41 bits per heavy atom. The van der Waals surface area contributed by atoms with Gasteiger partial charge >= 0.3 is 0 Å². The van der Waals surface area contributed by atoms with Gasteiger partial charge in [0.05, 0.1) is 4.99 Å². The smallest absolute Gasteiger partial charge is 0.0759 e. The molecule has 4 heteroatoms. The Morgan fingerprint density at radius 2 is 2.12 bits per heavy atom. The average Bonchev–Trinajstić information content (AvgIpc) is 2.29. The molecule has 1 fully saturated rings. The van der Waals surface area contributed by atoms with Gasteiger partial charge in [-0.25, -0.2) is 0 Å². The molecule has 1 aromatic rings. The van der Waals surface area contributed by atoms with Gasteiger partial charge in [0.25, 0.3) is 0 Å². The first-order chi connectivity index (χ1) is 8.15. The Hall–Kier alpha value is -0.640. The number of benzene rings is 1. The third kappa shape index (κ3) is 3.66. The summed E-state index contributed by atoms with van der Waals surface area (Å²) in [6.45, 7) is 3.09. The van der Waals surface area contributed by atoms with Crippen LogP contribution in [0.2, 0.25) is 5.02 Å². The standard InChI is InChI=1S/C13H17ClN2S/c14-12-3-1-2-10(8-12)9-16-6-4-11(5-7-16)13(15)17/h1-3,8,11H,4-7,9H2,(H2,15,17). The molecule has 0 atom stereocenters. The lowest BCUT2D eigenvalue weighted by Crippen LogP contribution is -2.37. The van der Waals surface area contributed by atoms with Gasteiger partial charge in [-0.1, -0.05) is 36.0 Å². The second-order valence-electron chi connectivity index (χ2n) is 4.58. The number of rotatable bonds is 3. The van der Waals surface area contributed by atoms with E-state index in [0.29, 0.717) is 10.9 Å². The summed E-state index contributed by atoms with van der Waals surface area (Å²) < 4.78 is 0. The summed E-state index contributed by atoms with van der Waals surface area (Å²) in [5.74, 6) is 0.431. The van der Waals surface area contributed by atoms with Crippen molar-refractivity contribution in [3.8, 4) is 0 Å². The normalized spacial score (nSPS) is 18.2. The van der Waals surface area contributed by atoms with Crippen molar-refractivity contribution in [3.63, 3.8) is 0 Å². The van der Waals surface area contributed by atoms with Crippen LogP contribution in [0.25, 0.3) is 0 Å². The second kappa shape index (κ2) is 5.80. The number of piperidine rings is 1. The highest BCUT2D eigenvalue weighted by Crippen LogP contribution is 2.20. The first-order valence-electron chi connectivity index (χ1n) is 5.91. The van der Waals surface area contributed by atoms with E-state index in [0.717, 1.165) is 37.5 Å². The molecular weight excluding hydrogens is 252 g/mol. The molecule has 92 valence electrons. The van der Waals surface area contributed by atoms with Gasteiger partial charge in [0.1, 0.15) is 0 Å². The van der Waals surface area contributed by atoms with Gasteiger partial charge in [0.15, 0.2) is 0 Å². The van der Waals surface area contributed by atoms with E-state index in [1.54, 1.807) is 0 Å². The minimum Gasteiger partial charge on any atom is -0.393 e. The largest absolute Gasteiger partial charge is 0.393 e. The fourth-order valence-electron chi connectivity index (χ4n) is 2.27. The van der Waals surface area contributed by atoms with E-state index in [-0.39, 0.29) is 0 Å². The van der Waals surface area contributed by atoms with Crippen molar-refractivity contribution in [3.05, 3.63) is 34.9 Å². The lowest BCUT2D eigenvalue weighted by Gasteiger charge is -2.31. The Balaban J connectivity index is 1.88. The van der Waals surface area contributed by atoms with Crippen LogP contribution in [0, 0.1) is 5.92 Å². The maximum atomic E-state index is 5.98. The van der Waals surface area contributed by atoms with Crippen LogP contribution in [0.5, 0.6) is 0 Å². The van der Waals surface area contributed by atoms with E-state index in [1.165, 1.54) is 5.56 Å². The first-order valence-corrected chi connectivity index (χ1v) is 6.70. The van der Waals surface area contributed by atoms with Gasteiger partial charge in [-0.3, -0.25) is 4.90 Å². The van der Waals surface area contributed by atoms with Gasteiger partial charge in [0.2, 0.25) is 0 Å². The van der Waals surface area contributed by atoms with Crippen LogP contribution in [-0.4, -0.2) is 23.0 Å². The van der Waals surface area contributed by atoms with Gasteiger partial charge in [-0.15, -0.1) is 0 Å². The van der Waals surface area contributed by atoms with Crippen molar-refractivity contribution in [2.75, 3.05) is 13.1 Å². The van der Waals surface area contributed by atoms with E-state index in [2.05, 4.69) is 11.0 Å². The van der Waals surface area contributed by atoms with Crippen molar-refractivity contribution < 1.29 is 0 Å². The number of nitrogens with zero attached hydrogens (tertiary/aromatic N) is 1. The molecule has 1 aliphatic heterocycles. The molecule has 0 unspecified atom stereocenters. The van der Waals surface area contributed by atoms with E-state index < -0.39 is 0 Å². The summed E-state index contributed by atoms with van der Waals surface area (Å²) in [7, 11) is 0. The van der Waals surface area contributed by atoms with E-state index in [1.807, 2.05) is 18.2 Å². The molecule has 1 saturated heterocycles. The van der Waals surface area contributed by atoms with Crippen LogP contribution in [0.3, 0.4) is 0 Å². The quantitative estimate of drug-likeness (QED) is 0.855. The number of halogens is 1. The molecule has 0 amide bonds. The fraction of sp³-hybridized carbons (Fsp3) is 0.462. The molecule has 0 saturated carbocycles. The third-order valence-corrected chi connectivity index (χ3v) is 3.85. The van der Waals surface area contributed by atoms with Crippen molar-refractivity contribution in [1.82, 2.24) is 4.90 Å². The Kier molecular flexibility index (Phi) is 4.37. The summed E-state index contributed by atoms with van der Waals surface area (Å²) in [5, 5.41) is 0.806. The summed E-state index contributed by atoms with van der Waals surface area (Å²) in [6, 6.07) is 8.05. The molecule has 0 spiro atoms. The minimum atomic E-state index is 0.431. The van der Waals surface area contributed by atoms with Crippen LogP contribution < -0.4 is 5.73 Å². The second-order valence-corrected chi connectivity index (χ2v) is 5.49. The predicted octanol–water partition coefficient (Wildman–Crippen LogP) is 2.84. The molecule has 0 radical (unpaired) electrons. The SMILES string of the molecule is NC(=S)C1CCN(Cc2cccc(Cl)c2)CC1. The van der Waals surface area contributed by atoms with E-state index in [9.17, 15) is 0 Å².